The van der Waals surface area contributed by atoms with Crippen LogP contribution in [-0.4, -0.2) is 57.7 Å². The number of para-hydroxylation sites is 2. The lowest BCUT2D eigenvalue weighted by molar-refractivity contribution is -0.137. The minimum Gasteiger partial charge on any atom is -0.481 e. The van der Waals surface area contributed by atoms with Gasteiger partial charge in [-0.05, 0) is 62.8 Å². The van der Waals surface area contributed by atoms with E-state index in [1.807, 2.05) is 50.2 Å². The molecule has 3 aromatic rings. The summed E-state index contributed by atoms with van der Waals surface area (Å²) in [4.78, 5) is 57.2. The number of ether oxygens (including phenoxy) is 1. The zero-order valence-corrected chi connectivity index (χ0v) is 24.8. The Hall–Kier alpha value is -4.34. The Morgan fingerprint density at radius 2 is 1.71 bits per heavy atom. The molecule has 10 nitrogen and oxygen atoms in total. The van der Waals surface area contributed by atoms with Crippen LogP contribution in [0.2, 0.25) is 0 Å². The molecule has 0 spiro atoms. The molecule has 4 N–H and O–H groups in total. The number of aromatic amines is 1. The van der Waals surface area contributed by atoms with E-state index in [0.717, 1.165) is 22.0 Å². The molecule has 0 radical (unpaired) electrons. The maximum atomic E-state index is 14.1. The van der Waals surface area contributed by atoms with Crippen LogP contribution in [-0.2, 0) is 32.0 Å². The Morgan fingerprint density at radius 3 is 2.40 bits per heavy atom. The number of benzene rings is 2. The van der Waals surface area contributed by atoms with Gasteiger partial charge in [0, 0.05) is 29.2 Å². The Balaban J connectivity index is 1.62. The van der Waals surface area contributed by atoms with E-state index in [-0.39, 0.29) is 24.7 Å². The monoisotopic (exact) mass is 576 g/mol. The van der Waals surface area contributed by atoms with Crippen molar-refractivity contribution in [2.24, 2.45) is 5.92 Å². The summed E-state index contributed by atoms with van der Waals surface area (Å²) in [7, 11) is 0. The van der Waals surface area contributed by atoms with Gasteiger partial charge in [-0.2, -0.15) is 0 Å². The highest BCUT2D eigenvalue weighted by atomic mass is 16.6. The number of carbonyl (C=O) groups is 4. The number of rotatable bonds is 10. The van der Waals surface area contributed by atoms with Gasteiger partial charge in [0.2, 0.25) is 11.8 Å². The molecule has 0 fully saturated rings. The molecular weight excluding hydrogens is 536 g/mol. The standard InChI is InChI=1S/C32H40N4O6/c1-19(2)14-26(30(40)36-22(17-28(37)38)15-20-10-6-9-13-27(20)36)34-29(39)25(35-31(41)42-32(3,4)5)16-21-18-33-24-12-8-7-11-23(21)24/h6-13,18-19,22,25-26,33H,14-17H2,1-5H3,(H,34,39)(H,35,41)(H,37,38)/t22-,25+,26+/m1/s1. The Kier molecular flexibility index (Phi) is 9.23. The SMILES string of the molecule is CC(C)C[C@H](NC(=O)[C@H](Cc1c[nH]c2ccccc12)NC(=O)OC(C)(C)C)C(=O)N1c2ccccc2C[C@@H]1CC(=O)O. The quantitative estimate of drug-likeness (QED) is 0.279. The van der Waals surface area contributed by atoms with Crippen LogP contribution in [0.5, 0.6) is 0 Å². The Morgan fingerprint density at radius 1 is 1.02 bits per heavy atom. The van der Waals surface area contributed by atoms with E-state index in [9.17, 15) is 24.3 Å². The number of carbonyl (C=O) groups excluding carboxylic acids is 3. The fraction of sp³-hybridized carbons (Fsp3) is 0.438. The number of carboxylic acid groups (broad SMARTS) is 1. The van der Waals surface area contributed by atoms with Crippen molar-refractivity contribution in [3.05, 3.63) is 65.9 Å². The number of hydrogen-bond donors (Lipinski definition) is 4. The molecule has 0 aliphatic carbocycles. The van der Waals surface area contributed by atoms with E-state index in [1.165, 1.54) is 4.90 Å². The lowest BCUT2D eigenvalue weighted by atomic mass is 9.99. The zero-order chi connectivity index (χ0) is 30.6. The average Bonchev–Trinajstić information content (AvgIpc) is 3.46. The molecule has 1 aliphatic heterocycles. The maximum absolute atomic E-state index is 14.1. The summed E-state index contributed by atoms with van der Waals surface area (Å²) in [6, 6.07) is 12.5. The summed E-state index contributed by atoms with van der Waals surface area (Å²) >= 11 is 0. The summed E-state index contributed by atoms with van der Waals surface area (Å²) < 4.78 is 5.44. The van der Waals surface area contributed by atoms with E-state index in [0.29, 0.717) is 18.5 Å². The van der Waals surface area contributed by atoms with Crippen molar-refractivity contribution in [3.63, 3.8) is 0 Å². The molecule has 1 aliphatic rings. The molecule has 0 saturated heterocycles. The molecule has 2 aromatic carbocycles. The second-order valence-electron chi connectivity index (χ2n) is 12.2. The summed E-state index contributed by atoms with van der Waals surface area (Å²) in [6.45, 7) is 9.10. The van der Waals surface area contributed by atoms with Gasteiger partial charge in [-0.15, -0.1) is 0 Å². The van der Waals surface area contributed by atoms with Crippen LogP contribution in [0.1, 0.15) is 58.6 Å². The normalized spacial score (nSPS) is 16.1. The third-order valence-corrected chi connectivity index (χ3v) is 7.15. The van der Waals surface area contributed by atoms with E-state index >= 15 is 0 Å². The molecule has 42 heavy (non-hydrogen) atoms. The number of fused-ring (bicyclic) bond motifs is 2. The lowest BCUT2D eigenvalue weighted by Gasteiger charge is -2.31. The lowest BCUT2D eigenvalue weighted by Crippen LogP contribution is -2.56. The fourth-order valence-corrected chi connectivity index (χ4v) is 5.44. The number of carboxylic acids is 1. The summed E-state index contributed by atoms with van der Waals surface area (Å²) in [5, 5.41) is 16.1. The summed E-state index contributed by atoms with van der Waals surface area (Å²) in [6.07, 6.45) is 1.74. The predicted octanol–water partition coefficient (Wildman–Crippen LogP) is 4.57. The molecule has 224 valence electrons. The van der Waals surface area contributed by atoms with Crippen LogP contribution in [0.3, 0.4) is 0 Å². The Labute approximate surface area is 245 Å². The van der Waals surface area contributed by atoms with Gasteiger partial charge in [0.1, 0.15) is 17.7 Å². The molecule has 0 saturated carbocycles. The summed E-state index contributed by atoms with van der Waals surface area (Å²) in [5.74, 6) is -1.87. The number of aliphatic carboxylic acids is 1. The third kappa shape index (κ3) is 7.48. The van der Waals surface area contributed by atoms with Crippen LogP contribution in [0, 0.1) is 5.92 Å². The van der Waals surface area contributed by atoms with Gasteiger partial charge < -0.3 is 30.4 Å². The molecule has 3 atom stereocenters. The number of H-pyrrole nitrogens is 1. The van der Waals surface area contributed by atoms with Crippen LogP contribution in [0.4, 0.5) is 10.5 Å². The van der Waals surface area contributed by atoms with Crippen molar-refractivity contribution in [2.75, 3.05) is 4.90 Å². The second-order valence-corrected chi connectivity index (χ2v) is 12.2. The third-order valence-electron chi connectivity index (χ3n) is 7.15. The van der Waals surface area contributed by atoms with E-state index in [2.05, 4.69) is 15.6 Å². The molecule has 0 bridgehead atoms. The van der Waals surface area contributed by atoms with Crippen LogP contribution >= 0.6 is 0 Å². The predicted molar refractivity (Wildman–Crippen MR) is 160 cm³/mol. The van der Waals surface area contributed by atoms with Crippen LogP contribution < -0.4 is 15.5 Å². The molecule has 3 amide bonds. The smallest absolute Gasteiger partial charge is 0.408 e. The average molecular weight is 577 g/mol. The van der Waals surface area contributed by atoms with Crippen molar-refractivity contribution >= 4 is 40.5 Å². The largest absolute Gasteiger partial charge is 0.481 e. The van der Waals surface area contributed by atoms with Crippen molar-refractivity contribution < 1.29 is 29.0 Å². The number of nitrogens with one attached hydrogen (secondary N) is 3. The van der Waals surface area contributed by atoms with Crippen molar-refractivity contribution in [2.45, 2.75) is 84.0 Å². The number of anilines is 1. The van der Waals surface area contributed by atoms with Crippen molar-refractivity contribution in [3.8, 4) is 0 Å². The molecule has 4 rings (SSSR count). The van der Waals surface area contributed by atoms with Crippen molar-refractivity contribution in [1.82, 2.24) is 15.6 Å². The number of nitrogens with zero attached hydrogens (tertiary/aromatic N) is 1. The van der Waals surface area contributed by atoms with Gasteiger partial charge in [-0.3, -0.25) is 14.4 Å². The highest BCUT2D eigenvalue weighted by Crippen LogP contribution is 2.34. The Bertz CT molecular complexity index is 1460. The highest BCUT2D eigenvalue weighted by molar-refractivity contribution is 6.02. The first-order valence-corrected chi connectivity index (χ1v) is 14.3. The molecular formula is C32H40N4O6. The zero-order valence-electron chi connectivity index (χ0n) is 24.8. The second kappa shape index (κ2) is 12.7. The van der Waals surface area contributed by atoms with E-state index < -0.39 is 41.7 Å². The van der Waals surface area contributed by atoms with E-state index in [4.69, 9.17) is 4.74 Å². The molecule has 2 heterocycles. The molecule has 0 unspecified atom stereocenters. The van der Waals surface area contributed by atoms with Gasteiger partial charge in [-0.1, -0.05) is 50.2 Å². The number of amides is 3. The van der Waals surface area contributed by atoms with Gasteiger partial charge in [0.15, 0.2) is 0 Å². The number of aromatic nitrogens is 1. The first-order chi connectivity index (χ1) is 19.8. The van der Waals surface area contributed by atoms with Gasteiger partial charge in [-0.25, -0.2) is 4.79 Å². The summed E-state index contributed by atoms with van der Waals surface area (Å²) in [5.41, 5.74) is 2.48. The van der Waals surface area contributed by atoms with Gasteiger partial charge >= 0.3 is 12.1 Å². The van der Waals surface area contributed by atoms with Crippen molar-refractivity contribution in [1.29, 1.82) is 0 Å². The highest BCUT2D eigenvalue weighted by Gasteiger charge is 2.39. The van der Waals surface area contributed by atoms with Gasteiger partial charge in [0.05, 0.1) is 12.5 Å². The maximum Gasteiger partial charge on any atom is 0.408 e. The van der Waals surface area contributed by atoms with Gasteiger partial charge in [0.25, 0.3) is 0 Å². The first-order valence-electron chi connectivity index (χ1n) is 14.3. The minimum atomic E-state index is -1.04. The number of hydrogen-bond acceptors (Lipinski definition) is 5. The number of alkyl carbamates (subject to hydrolysis) is 1. The van der Waals surface area contributed by atoms with E-state index in [1.54, 1.807) is 39.1 Å². The molecule has 10 heteroatoms. The topological polar surface area (TPSA) is 141 Å². The minimum absolute atomic E-state index is 0.0425. The first kappa shape index (κ1) is 30.6. The fourth-order valence-electron chi connectivity index (χ4n) is 5.44. The van der Waals surface area contributed by atoms with Crippen LogP contribution in [0.15, 0.2) is 54.7 Å². The van der Waals surface area contributed by atoms with Crippen LogP contribution in [0.25, 0.3) is 10.9 Å². The molecule has 1 aromatic heterocycles.